The zero-order chi connectivity index (χ0) is 14.1. The van der Waals surface area contributed by atoms with Crippen LogP contribution in [-0.2, 0) is 0 Å². The van der Waals surface area contributed by atoms with Crippen LogP contribution >= 0.6 is 0 Å². The predicted molar refractivity (Wildman–Crippen MR) is 72.5 cm³/mol. The van der Waals surface area contributed by atoms with E-state index in [2.05, 4.69) is 4.98 Å². The minimum Gasteiger partial charge on any atom is -0.294 e. The molecular weight excluding hydrogens is 256 g/mol. The monoisotopic (exact) mass is 268 g/mol. The Labute approximate surface area is 115 Å². The number of hydrogen-bond donors (Lipinski definition) is 0. The van der Waals surface area contributed by atoms with E-state index in [9.17, 15) is 14.9 Å². The van der Waals surface area contributed by atoms with Gasteiger partial charge >= 0.3 is 0 Å². The summed E-state index contributed by atoms with van der Waals surface area (Å²) in [6.45, 7) is 0. The van der Waals surface area contributed by atoms with Crippen LogP contribution in [0, 0.1) is 16.0 Å². The fraction of sp³-hybridized carbons (Fsp3) is 0.200. The highest BCUT2D eigenvalue weighted by molar-refractivity contribution is 6.00. The number of carbonyl (C=O) groups excluding carboxylic acids is 1. The van der Waals surface area contributed by atoms with Gasteiger partial charge in [-0.3, -0.25) is 19.9 Å². The van der Waals surface area contributed by atoms with Crippen LogP contribution in [0.1, 0.15) is 28.3 Å². The molecule has 1 heterocycles. The van der Waals surface area contributed by atoms with Crippen LogP contribution in [0.2, 0.25) is 0 Å². The lowest BCUT2D eigenvalue weighted by Gasteiger charge is -2.01. The van der Waals surface area contributed by atoms with E-state index in [-0.39, 0.29) is 23.3 Å². The number of nitro benzene ring substituents is 1. The van der Waals surface area contributed by atoms with Gasteiger partial charge in [-0.1, -0.05) is 12.1 Å². The Morgan fingerprint density at radius 2 is 2.00 bits per heavy atom. The quantitative estimate of drug-likeness (QED) is 0.485. The first-order chi connectivity index (χ1) is 9.66. The zero-order valence-electron chi connectivity index (χ0n) is 10.6. The van der Waals surface area contributed by atoms with Crippen molar-refractivity contribution in [3.05, 3.63) is 70.0 Å². The first-order valence-corrected chi connectivity index (χ1v) is 6.35. The number of carbonyl (C=O) groups is 1. The van der Waals surface area contributed by atoms with Gasteiger partial charge in [-0.05, 0) is 30.0 Å². The maximum absolute atomic E-state index is 12.2. The maximum atomic E-state index is 12.2. The summed E-state index contributed by atoms with van der Waals surface area (Å²) in [6.07, 6.45) is 3.94. The minimum atomic E-state index is -0.411. The first kappa shape index (κ1) is 12.5. The molecule has 0 radical (unpaired) electrons. The number of aromatic nitrogens is 1. The molecule has 5 nitrogen and oxygen atoms in total. The fourth-order valence-corrected chi connectivity index (χ4v) is 2.45. The van der Waals surface area contributed by atoms with Crippen LogP contribution in [-0.4, -0.2) is 15.7 Å². The summed E-state index contributed by atoms with van der Waals surface area (Å²) in [4.78, 5) is 26.5. The van der Waals surface area contributed by atoms with Crippen LogP contribution in [0.25, 0.3) is 0 Å². The van der Waals surface area contributed by atoms with Crippen LogP contribution in [0.15, 0.2) is 48.8 Å². The smallest absolute Gasteiger partial charge is 0.269 e. The molecule has 100 valence electrons. The Hall–Kier alpha value is -2.56. The Bertz CT molecular complexity index is 670. The third-order valence-corrected chi connectivity index (χ3v) is 3.60. The number of ketones is 1. The Kier molecular flexibility index (Phi) is 3.02. The number of nitro groups is 1. The van der Waals surface area contributed by atoms with Crippen molar-refractivity contribution in [2.45, 2.75) is 12.3 Å². The zero-order valence-corrected chi connectivity index (χ0v) is 10.6. The van der Waals surface area contributed by atoms with E-state index < -0.39 is 4.92 Å². The molecule has 1 aliphatic rings. The lowest BCUT2D eigenvalue weighted by atomic mass is 10.0. The van der Waals surface area contributed by atoms with Crippen LogP contribution in [0.4, 0.5) is 5.69 Å². The largest absolute Gasteiger partial charge is 0.294 e. The second kappa shape index (κ2) is 4.85. The molecule has 0 N–H and O–H groups in total. The molecular formula is C15H12N2O3. The van der Waals surface area contributed by atoms with Crippen LogP contribution in [0.5, 0.6) is 0 Å². The van der Waals surface area contributed by atoms with Gasteiger partial charge in [-0.15, -0.1) is 0 Å². The third kappa shape index (κ3) is 2.30. The van der Waals surface area contributed by atoms with E-state index in [1.807, 2.05) is 6.07 Å². The SMILES string of the molecule is O=C(c1ccncc1)[C@H]1C[C@@H]1c1cccc([N+](=O)[O-])c1. The lowest BCUT2D eigenvalue weighted by Crippen LogP contribution is -2.03. The molecule has 0 saturated heterocycles. The fourth-order valence-electron chi connectivity index (χ4n) is 2.45. The maximum Gasteiger partial charge on any atom is 0.269 e. The molecule has 1 aromatic heterocycles. The summed E-state index contributed by atoms with van der Waals surface area (Å²) in [5.74, 6) is 0.110. The number of hydrogen-bond acceptors (Lipinski definition) is 4. The topological polar surface area (TPSA) is 73.1 Å². The van der Waals surface area contributed by atoms with Crippen molar-refractivity contribution in [1.82, 2.24) is 4.98 Å². The van der Waals surface area contributed by atoms with Crippen molar-refractivity contribution in [2.24, 2.45) is 5.92 Å². The molecule has 1 aliphatic carbocycles. The van der Waals surface area contributed by atoms with Crippen molar-refractivity contribution < 1.29 is 9.72 Å². The summed E-state index contributed by atoms with van der Waals surface area (Å²) in [6, 6.07) is 9.93. The van der Waals surface area contributed by atoms with E-state index in [1.165, 1.54) is 6.07 Å². The predicted octanol–water partition coefficient (Wildman–Crippen LogP) is 2.98. The second-order valence-electron chi connectivity index (χ2n) is 4.90. The van der Waals surface area contributed by atoms with Crippen molar-refractivity contribution in [3.63, 3.8) is 0 Å². The molecule has 1 saturated carbocycles. The van der Waals surface area contributed by atoms with Crippen molar-refractivity contribution in [3.8, 4) is 0 Å². The van der Waals surface area contributed by atoms with Gasteiger partial charge in [0.1, 0.15) is 0 Å². The number of rotatable bonds is 4. The van der Waals surface area contributed by atoms with E-state index in [4.69, 9.17) is 0 Å². The summed E-state index contributed by atoms with van der Waals surface area (Å²) >= 11 is 0. The molecule has 1 aromatic carbocycles. The molecule has 0 spiro atoms. The highest BCUT2D eigenvalue weighted by Crippen LogP contribution is 2.49. The molecule has 1 fully saturated rings. The van der Waals surface area contributed by atoms with Crippen molar-refractivity contribution in [1.29, 1.82) is 0 Å². The number of Topliss-reactive ketones (excluding diaryl/α,β-unsaturated/α-hetero) is 1. The van der Waals surface area contributed by atoms with E-state index in [0.717, 1.165) is 12.0 Å². The van der Waals surface area contributed by atoms with Gasteiger partial charge < -0.3 is 0 Å². The molecule has 0 amide bonds. The van der Waals surface area contributed by atoms with Crippen LogP contribution < -0.4 is 0 Å². The van der Waals surface area contributed by atoms with E-state index in [1.54, 1.807) is 36.7 Å². The normalized spacial score (nSPS) is 20.4. The molecule has 2 atom stereocenters. The minimum absolute atomic E-state index is 0.0700. The average Bonchev–Trinajstić information content (AvgIpc) is 3.28. The standard InChI is InChI=1S/C15H12N2O3/c18-15(10-4-6-16-7-5-10)14-9-13(14)11-2-1-3-12(8-11)17(19)20/h1-8,13-14H,9H2/t13-,14+/m1/s1. The van der Waals surface area contributed by atoms with Gasteiger partial charge in [0.25, 0.3) is 5.69 Å². The Morgan fingerprint density at radius 1 is 1.25 bits per heavy atom. The average molecular weight is 268 g/mol. The van der Waals surface area contributed by atoms with Gasteiger partial charge in [0.15, 0.2) is 5.78 Å². The lowest BCUT2D eigenvalue weighted by molar-refractivity contribution is -0.384. The first-order valence-electron chi connectivity index (χ1n) is 6.35. The number of nitrogens with zero attached hydrogens (tertiary/aromatic N) is 2. The molecule has 0 bridgehead atoms. The molecule has 5 heteroatoms. The third-order valence-electron chi connectivity index (χ3n) is 3.60. The summed E-state index contributed by atoms with van der Waals surface area (Å²) in [5.41, 5.74) is 1.59. The number of non-ortho nitro benzene ring substituents is 1. The van der Waals surface area contributed by atoms with Gasteiger partial charge in [-0.25, -0.2) is 0 Å². The van der Waals surface area contributed by atoms with Gasteiger partial charge in [0, 0.05) is 36.0 Å². The summed E-state index contributed by atoms with van der Waals surface area (Å²) < 4.78 is 0. The molecule has 3 rings (SSSR count). The molecule has 2 aromatic rings. The number of benzene rings is 1. The van der Waals surface area contributed by atoms with E-state index >= 15 is 0 Å². The van der Waals surface area contributed by atoms with E-state index in [0.29, 0.717) is 5.56 Å². The Balaban J connectivity index is 1.78. The van der Waals surface area contributed by atoms with Crippen molar-refractivity contribution in [2.75, 3.05) is 0 Å². The molecule has 0 unspecified atom stereocenters. The molecule has 20 heavy (non-hydrogen) atoms. The van der Waals surface area contributed by atoms with Gasteiger partial charge in [0.2, 0.25) is 0 Å². The highest BCUT2D eigenvalue weighted by Gasteiger charge is 2.44. The van der Waals surface area contributed by atoms with Gasteiger partial charge in [0.05, 0.1) is 4.92 Å². The second-order valence-corrected chi connectivity index (χ2v) is 4.90. The summed E-state index contributed by atoms with van der Waals surface area (Å²) in [7, 11) is 0. The van der Waals surface area contributed by atoms with Crippen molar-refractivity contribution >= 4 is 11.5 Å². The Morgan fingerprint density at radius 3 is 2.70 bits per heavy atom. The number of pyridine rings is 1. The summed E-state index contributed by atoms with van der Waals surface area (Å²) in [5, 5.41) is 10.8. The van der Waals surface area contributed by atoms with Crippen LogP contribution in [0.3, 0.4) is 0 Å². The van der Waals surface area contributed by atoms with Gasteiger partial charge in [-0.2, -0.15) is 0 Å². The highest BCUT2D eigenvalue weighted by atomic mass is 16.6. The molecule has 0 aliphatic heterocycles.